The minimum atomic E-state index is 0.348. The fourth-order valence-electron chi connectivity index (χ4n) is 1.58. The van der Waals surface area contributed by atoms with E-state index in [2.05, 4.69) is 10.3 Å². The maximum absolute atomic E-state index is 5.97. The first kappa shape index (κ1) is 12.8. The molecule has 2 rings (SSSR count). The number of nitrogens with two attached hydrogens (primary N) is 1. The van der Waals surface area contributed by atoms with Crippen molar-refractivity contribution in [2.45, 2.75) is 6.54 Å². The second-order valence-electron chi connectivity index (χ2n) is 3.77. The Morgan fingerprint density at radius 1 is 1.39 bits per heavy atom. The largest absolute Gasteiger partial charge is 0.389 e. The van der Waals surface area contributed by atoms with E-state index in [9.17, 15) is 0 Å². The number of halogens is 1. The van der Waals surface area contributed by atoms with Gasteiger partial charge < -0.3 is 11.1 Å². The molecule has 0 atom stereocenters. The van der Waals surface area contributed by atoms with Gasteiger partial charge >= 0.3 is 0 Å². The summed E-state index contributed by atoms with van der Waals surface area (Å²) in [5, 5.41) is 3.90. The number of nitrogens with zero attached hydrogens (tertiary/aromatic N) is 1. The van der Waals surface area contributed by atoms with Gasteiger partial charge in [0.15, 0.2) is 0 Å². The number of benzene rings is 1. The highest BCUT2D eigenvalue weighted by Gasteiger charge is 2.05. The topological polar surface area (TPSA) is 50.9 Å². The molecule has 0 saturated carbocycles. The molecule has 0 spiro atoms. The average molecular weight is 278 g/mol. The van der Waals surface area contributed by atoms with Crippen molar-refractivity contribution in [1.29, 1.82) is 0 Å². The molecule has 1 aromatic carbocycles. The lowest BCUT2D eigenvalue weighted by Gasteiger charge is -2.11. The van der Waals surface area contributed by atoms with Crippen LogP contribution in [0.25, 0.3) is 0 Å². The number of hydrogen-bond acceptors (Lipinski definition) is 3. The quantitative estimate of drug-likeness (QED) is 0.844. The van der Waals surface area contributed by atoms with Gasteiger partial charge in [0.25, 0.3) is 0 Å². The summed E-state index contributed by atoms with van der Waals surface area (Å²) in [6, 6.07) is 9.28. The highest BCUT2D eigenvalue weighted by atomic mass is 35.5. The summed E-state index contributed by atoms with van der Waals surface area (Å²) in [7, 11) is 0. The van der Waals surface area contributed by atoms with Crippen molar-refractivity contribution in [3.8, 4) is 0 Å². The number of aromatic nitrogens is 1. The predicted molar refractivity (Wildman–Crippen MR) is 78.9 cm³/mol. The van der Waals surface area contributed by atoms with Gasteiger partial charge in [-0.05, 0) is 29.8 Å². The average Bonchev–Trinajstić information content (AvgIpc) is 2.37. The Bertz CT molecular complexity index is 557. The Morgan fingerprint density at radius 2 is 2.22 bits per heavy atom. The Balaban J connectivity index is 2.18. The monoisotopic (exact) mass is 277 g/mol. The molecule has 0 bridgehead atoms. The smallest absolute Gasteiger partial charge is 0.106 e. The highest BCUT2D eigenvalue weighted by molar-refractivity contribution is 7.80. The van der Waals surface area contributed by atoms with Crippen LogP contribution in [0.2, 0.25) is 5.02 Å². The summed E-state index contributed by atoms with van der Waals surface area (Å²) in [6.45, 7) is 0.643. The van der Waals surface area contributed by atoms with Crippen LogP contribution in [0.4, 0.5) is 5.69 Å². The molecule has 2 aromatic rings. The number of anilines is 1. The minimum Gasteiger partial charge on any atom is -0.389 e. The fraction of sp³-hybridized carbons (Fsp3) is 0.0769. The molecule has 92 valence electrons. The Morgan fingerprint density at radius 3 is 2.89 bits per heavy atom. The molecule has 1 aromatic heterocycles. The molecule has 5 heteroatoms. The van der Waals surface area contributed by atoms with E-state index in [4.69, 9.17) is 29.6 Å². The van der Waals surface area contributed by atoms with E-state index < -0.39 is 0 Å². The second kappa shape index (κ2) is 5.80. The summed E-state index contributed by atoms with van der Waals surface area (Å²) in [4.78, 5) is 4.40. The third-order valence-corrected chi connectivity index (χ3v) is 2.91. The van der Waals surface area contributed by atoms with E-state index in [-0.39, 0.29) is 0 Å². The molecule has 0 aliphatic carbocycles. The maximum Gasteiger partial charge on any atom is 0.106 e. The van der Waals surface area contributed by atoms with Gasteiger partial charge in [0.2, 0.25) is 0 Å². The van der Waals surface area contributed by atoms with Crippen LogP contribution >= 0.6 is 23.8 Å². The third kappa shape index (κ3) is 3.18. The highest BCUT2D eigenvalue weighted by Crippen LogP contribution is 2.21. The number of thiocarbonyl (C=S) groups is 1. The molecule has 0 fully saturated rings. The van der Waals surface area contributed by atoms with Gasteiger partial charge in [-0.25, -0.2) is 0 Å². The zero-order chi connectivity index (χ0) is 13.0. The molecule has 0 aliphatic heterocycles. The van der Waals surface area contributed by atoms with E-state index in [1.54, 1.807) is 18.5 Å². The van der Waals surface area contributed by atoms with Crippen molar-refractivity contribution < 1.29 is 0 Å². The Hall–Kier alpha value is -1.65. The minimum absolute atomic E-state index is 0.348. The molecular formula is C13H12ClN3S. The van der Waals surface area contributed by atoms with Crippen LogP contribution in [-0.4, -0.2) is 9.97 Å². The lowest BCUT2D eigenvalue weighted by Crippen LogP contribution is -2.13. The van der Waals surface area contributed by atoms with Gasteiger partial charge in [0, 0.05) is 35.2 Å². The molecule has 1 heterocycles. The lowest BCUT2D eigenvalue weighted by atomic mass is 10.1. The van der Waals surface area contributed by atoms with Gasteiger partial charge in [0.05, 0.1) is 0 Å². The molecule has 0 unspecified atom stereocenters. The molecule has 0 saturated heterocycles. The number of hydrogen-bond donors (Lipinski definition) is 2. The zero-order valence-corrected chi connectivity index (χ0v) is 11.1. The summed E-state index contributed by atoms with van der Waals surface area (Å²) in [5.74, 6) is 0. The first-order valence-corrected chi connectivity index (χ1v) is 6.17. The summed E-state index contributed by atoms with van der Waals surface area (Å²) in [5.41, 5.74) is 8.37. The number of nitrogens with one attached hydrogen (secondary N) is 1. The molecule has 3 N–H and O–H groups in total. The molecule has 3 nitrogen and oxygen atoms in total. The van der Waals surface area contributed by atoms with Crippen LogP contribution in [0.5, 0.6) is 0 Å². The predicted octanol–water partition coefficient (Wildman–Crippen LogP) is 2.98. The Kier molecular flexibility index (Phi) is 4.12. The zero-order valence-electron chi connectivity index (χ0n) is 9.56. The van der Waals surface area contributed by atoms with Gasteiger partial charge in [-0.15, -0.1) is 0 Å². The van der Waals surface area contributed by atoms with E-state index in [0.29, 0.717) is 16.6 Å². The maximum atomic E-state index is 5.97. The molecule has 0 aliphatic rings. The van der Waals surface area contributed by atoms with Crippen LogP contribution in [0.15, 0.2) is 42.7 Å². The van der Waals surface area contributed by atoms with Crippen LogP contribution < -0.4 is 11.1 Å². The molecule has 18 heavy (non-hydrogen) atoms. The van der Waals surface area contributed by atoms with E-state index >= 15 is 0 Å². The van der Waals surface area contributed by atoms with Crippen molar-refractivity contribution in [2.75, 3.05) is 5.32 Å². The Labute approximate surface area is 116 Å². The first-order valence-electron chi connectivity index (χ1n) is 5.39. The summed E-state index contributed by atoms with van der Waals surface area (Å²) >= 11 is 11.0. The molecule has 0 amide bonds. The SMILES string of the molecule is NC(=S)c1ccc(Cl)cc1NCc1cccnc1. The van der Waals surface area contributed by atoms with E-state index in [1.807, 2.05) is 24.3 Å². The third-order valence-electron chi connectivity index (χ3n) is 2.45. The fourth-order valence-corrected chi connectivity index (χ4v) is 1.93. The van der Waals surface area contributed by atoms with Crippen molar-refractivity contribution in [3.05, 3.63) is 58.9 Å². The van der Waals surface area contributed by atoms with Gasteiger partial charge in [-0.3, -0.25) is 4.98 Å². The van der Waals surface area contributed by atoms with Gasteiger partial charge in [-0.1, -0.05) is 29.9 Å². The van der Waals surface area contributed by atoms with Crippen LogP contribution in [-0.2, 0) is 6.54 Å². The number of rotatable bonds is 4. The van der Waals surface area contributed by atoms with Crippen LogP contribution in [0.3, 0.4) is 0 Å². The van der Waals surface area contributed by atoms with Crippen LogP contribution in [0.1, 0.15) is 11.1 Å². The summed E-state index contributed by atoms with van der Waals surface area (Å²) in [6.07, 6.45) is 3.54. The van der Waals surface area contributed by atoms with Crippen molar-refractivity contribution in [2.24, 2.45) is 5.73 Å². The first-order chi connectivity index (χ1) is 8.66. The van der Waals surface area contributed by atoms with Crippen molar-refractivity contribution in [1.82, 2.24) is 4.98 Å². The van der Waals surface area contributed by atoms with Gasteiger partial charge in [0.1, 0.15) is 4.99 Å². The lowest BCUT2D eigenvalue weighted by molar-refractivity contribution is 1.11. The molecular weight excluding hydrogens is 266 g/mol. The molecule has 0 radical (unpaired) electrons. The van der Waals surface area contributed by atoms with E-state index in [1.165, 1.54) is 0 Å². The standard InChI is InChI=1S/C13H12ClN3S/c14-10-3-4-11(13(15)18)12(6-10)17-8-9-2-1-5-16-7-9/h1-7,17H,8H2,(H2,15,18). The van der Waals surface area contributed by atoms with Crippen LogP contribution in [0, 0.1) is 0 Å². The summed E-state index contributed by atoms with van der Waals surface area (Å²) < 4.78 is 0. The van der Waals surface area contributed by atoms with Crippen molar-refractivity contribution in [3.63, 3.8) is 0 Å². The number of pyridine rings is 1. The second-order valence-corrected chi connectivity index (χ2v) is 4.65. The van der Waals surface area contributed by atoms with E-state index in [0.717, 1.165) is 16.8 Å². The van der Waals surface area contributed by atoms with Gasteiger partial charge in [-0.2, -0.15) is 0 Å². The van der Waals surface area contributed by atoms with Crippen molar-refractivity contribution >= 4 is 34.5 Å². The normalized spacial score (nSPS) is 10.1.